The van der Waals surface area contributed by atoms with Crippen LogP contribution in [0.5, 0.6) is 0 Å². The Kier molecular flexibility index (Phi) is 4.47. The second kappa shape index (κ2) is 5.98. The van der Waals surface area contributed by atoms with Crippen molar-refractivity contribution in [3.05, 3.63) is 41.5 Å². The number of hydrogen-bond donors (Lipinski definition) is 1. The Morgan fingerprint density at radius 1 is 1.29 bits per heavy atom. The highest BCUT2D eigenvalue weighted by molar-refractivity contribution is 5.40. The molecule has 0 saturated heterocycles. The van der Waals surface area contributed by atoms with Crippen LogP contribution in [0.15, 0.2) is 24.5 Å². The molecule has 0 bridgehead atoms. The third-order valence-electron chi connectivity index (χ3n) is 3.36. The van der Waals surface area contributed by atoms with Gasteiger partial charge in [0.1, 0.15) is 0 Å². The van der Waals surface area contributed by atoms with Crippen molar-refractivity contribution in [2.45, 2.75) is 59.5 Å². The van der Waals surface area contributed by atoms with E-state index in [1.54, 1.807) is 0 Å². The predicted molar refractivity (Wildman–Crippen MR) is 86.8 cm³/mol. The summed E-state index contributed by atoms with van der Waals surface area (Å²) in [4.78, 5) is 4.43. The van der Waals surface area contributed by atoms with E-state index < -0.39 is 0 Å². The fourth-order valence-corrected chi connectivity index (χ4v) is 2.06. The number of hydrogen-bond acceptors (Lipinski definition) is 3. The number of nitrogens with one attached hydrogen (secondary N) is 1. The lowest BCUT2D eigenvalue weighted by atomic mass is 10.1. The van der Waals surface area contributed by atoms with Gasteiger partial charge in [-0.15, -0.1) is 0 Å². The molecule has 2 aromatic heterocycles. The topological polar surface area (TPSA) is 42.7 Å². The Balaban J connectivity index is 2.34. The molecule has 0 aromatic carbocycles. The molecular weight excluding hydrogens is 260 g/mol. The van der Waals surface area contributed by atoms with Crippen molar-refractivity contribution in [1.29, 1.82) is 0 Å². The van der Waals surface area contributed by atoms with Gasteiger partial charge in [0, 0.05) is 35.7 Å². The van der Waals surface area contributed by atoms with Gasteiger partial charge in [0.15, 0.2) is 0 Å². The third kappa shape index (κ3) is 4.14. The van der Waals surface area contributed by atoms with E-state index in [4.69, 9.17) is 0 Å². The SMILES string of the molecule is Cc1cc(-n2ccc(C(C)C)n2)c(CNC(C)(C)C)cn1. The second-order valence-electron chi connectivity index (χ2n) is 6.90. The van der Waals surface area contributed by atoms with E-state index >= 15 is 0 Å². The quantitative estimate of drug-likeness (QED) is 0.934. The summed E-state index contributed by atoms with van der Waals surface area (Å²) in [6.07, 6.45) is 3.98. The van der Waals surface area contributed by atoms with Crippen LogP contribution in [0.4, 0.5) is 0 Å². The van der Waals surface area contributed by atoms with Crippen LogP contribution in [0, 0.1) is 6.92 Å². The molecule has 4 nitrogen and oxygen atoms in total. The maximum Gasteiger partial charge on any atom is 0.0724 e. The van der Waals surface area contributed by atoms with Crippen LogP contribution >= 0.6 is 0 Å². The van der Waals surface area contributed by atoms with E-state index in [0.29, 0.717) is 5.92 Å². The maximum absolute atomic E-state index is 4.69. The molecule has 0 radical (unpaired) electrons. The van der Waals surface area contributed by atoms with Crippen LogP contribution < -0.4 is 5.32 Å². The van der Waals surface area contributed by atoms with Gasteiger partial charge in [-0.3, -0.25) is 4.98 Å². The first-order valence-electron chi connectivity index (χ1n) is 7.53. The smallest absolute Gasteiger partial charge is 0.0724 e. The van der Waals surface area contributed by atoms with E-state index in [-0.39, 0.29) is 5.54 Å². The average Bonchev–Trinajstić information content (AvgIpc) is 2.85. The molecule has 0 amide bonds. The highest BCUT2D eigenvalue weighted by Crippen LogP contribution is 2.18. The molecule has 4 heteroatoms. The van der Waals surface area contributed by atoms with Gasteiger partial charge in [0.05, 0.1) is 11.4 Å². The van der Waals surface area contributed by atoms with Gasteiger partial charge >= 0.3 is 0 Å². The van der Waals surface area contributed by atoms with Crippen LogP contribution in [-0.2, 0) is 6.54 Å². The first-order valence-corrected chi connectivity index (χ1v) is 7.53. The van der Waals surface area contributed by atoms with E-state index in [9.17, 15) is 0 Å². The maximum atomic E-state index is 4.69. The van der Waals surface area contributed by atoms with E-state index in [1.165, 1.54) is 0 Å². The molecule has 0 aliphatic carbocycles. The van der Waals surface area contributed by atoms with Crippen LogP contribution in [0.3, 0.4) is 0 Å². The molecular formula is C17H26N4. The number of pyridine rings is 1. The lowest BCUT2D eigenvalue weighted by Gasteiger charge is -2.21. The molecule has 0 saturated carbocycles. The summed E-state index contributed by atoms with van der Waals surface area (Å²) in [5, 5.41) is 8.20. The van der Waals surface area contributed by atoms with Crippen molar-refractivity contribution in [2.75, 3.05) is 0 Å². The summed E-state index contributed by atoms with van der Waals surface area (Å²) in [6.45, 7) is 13.6. The molecule has 2 heterocycles. The Morgan fingerprint density at radius 2 is 2.00 bits per heavy atom. The van der Waals surface area contributed by atoms with Crippen molar-refractivity contribution in [3.63, 3.8) is 0 Å². The lowest BCUT2D eigenvalue weighted by molar-refractivity contribution is 0.423. The summed E-state index contributed by atoms with van der Waals surface area (Å²) in [7, 11) is 0. The van der Waals surface area contributed by atoms with E-state index in [0.717, 1.165) is 29.2 Å². The van der Waals surface area contributed by atoms with Crippen molar-refractivity contribution in [3.8, 4) is 5.69 Å². The minimum atomic E-state index is 0.0787. The zero-order chi connectivity index (χ0) is 15.6. The number of rotatable bonds is 4. The first-order chi connectivity index (χ1) is 9.76. The van der Waals surface area contributed by atoms with Gasteiger partial charge in [-0.2, -0.15) is 5.10 Å². The normalized spacial score (nSPS) is 12.1. The fourth-order valence-electron chi connectivity index (χ4n) is 2.06. The predicted octanol–water partition coefficient (Wildman–Crippen LogP) is 3.59. The highest BCUT2D eigenvalue weighted by Gasteiger charge is 2.13. The number of nitrogens with zero attached hydrogens (tertiary/aromatic N) is 3. The fraction of sp³-hybridized carbons (Fsp3) is 0.529. The van der Waals surface area contributed by atoms with Crippen molar-refractivity contribution < 1.29 is 0 Å². The molecule has 0 fully saturated rings. The van der Waals surface area contributed by atoms with Crippen molar-refractivity contribution >= 4 is 0 Å². The Morgan fingerprint density at radius 3 is 2.57 bits per heavy atom. The summed E-state index contributed by atoms with van der Waals surface area (Å²) < 4.78 is 1.96. The van der Waals surface area contributed by atoms with E-state index in [1.807, 2.05) is 24.0 Å². The Labute approximate surface area is 127 Å². The second-order valence-corrected chi connectivity index (χ2v) is 6.90. The zero-order valence-corrected chi connectivity index (χ0v) is 13.9. The zero-order valence-electron chi connectivity index (χ0n) is 13.9. The average molecular weight is 286 g/mol. The van der Waals surface area contributed by atoms with E-state index in [2.05, 4.69) is 62.2 Å². The number of aromatic nitrogens is 3. The molecule has 2 aromatic rings. The van der Waals surface area contributed by atoms with Gasteiger partial charge in [-0.25, -0.2) is 4.68 Å². The highest BCUT2D eigenvalue weighted by atomic mass is 15.3. The monoisotopic (exact) mass is 286 g/mol. The van der Waals surface area contributed by atoms with Crippen LogP contribution in [-0.4, -0.2) is 20.3 Å². The minimum Gasteiger partial charge on any atom is -0.308 e. The molecule has 0 unspecified atom stereocenters. The standard InChI is InChI=1S/C17H26N4/c1-12(2)15-7-8-21(20-15)16-9-13(3)18-10-14(16)11-19-17(4,5)6/h7-10,12,19H,11H2,1-6H3. The Hall–Kier alpha value is -1.68. The van der Waals surface area contributed by atoms with Crippen LogP contribution in [0.25, 0.3) is 5.69 Å². The summed E-state index contributed by atoms with van der Waals surface area (Å²) in [6, 6.07) is 4.18. The number of aryl methyl sites for hydroxylation is 1. The summed E-state index contributed by atoms with van der Waals surface area (Å²) in [5.74, 6) is 0.435. The van der Waals surface area contributed by atoms with Gasteiger partial charge in [0.25, 0.3) is 0 Å². The molecule has 0 aliphatic rings. The molecule has 114 valence electrons. The molecule has 0 atom stereocenters. The summed E-state index contributed by atoms with van der Waals surface area (Å²) >= 11 is 0. The third-order valence-corrected chi connectivity index (χ3v) is 3.36. The molecule has 0 spiro atoms. The molecule has 1 N–H and O–H groups in total. The van der Waals surface area contributed by atoms with Gasteiger partial charge in [0.2, 0.25) is 0 Å². The first kappa shape index (κ1) is 15.7. The van der Waals surface area contributed by atoms with Gasteiger partial charge in [-0.05, 0) is 45.7 Å². The molecule has 21 heavy (non-hydrogen) atoms. The Bertz CT molecular complexity index is 605. The van der Waals surface area contributed by atoms with Crippen LogP contribution in [0.1, 0.15) is 57.5 Å². The lowest BCUT2D eigenvalue weighted by Crippen LogP contribution is -2.35. The van der Waals surface area contributed by atoms with Gasteiger partial charge in [-0.1, -0.05) is 13.8 Å². The van der Waals surface area contributed by atoms with Crippen LogP contribution in [0.2, 0.25) is 0 Å². The van der Waals surface area contributed by atoms with Gasteiger partial charge < -0.3 is 5.32 Å². The molecule has 0 aliphatic heterocycles. The summed E-state index contributed by atoms with van der Waals surface area (Å²) in [5.41, 5.74) is 4.46. The molecule has 2 rings (SSSR count). The van der Waals surface area contributed by atoms with Crippen molar-refractivity contribution in [2.24, 2.45) is 0 Å². The largest absolute Gasteiger partial charge is 0.308 e. The van der Waals surface area contributed by atoms with Crippen molar-refractivity contribution in [1.82, 2.24) is 20.1 Å². The minimum absolute atomic E-state index is 0.0787.